The van der Waals surface area contributed by atoms with Crippen molar-refractivity contribution in [3.8, 4) is 0 Å². The Morgan fingerprint density at radius 1 is 1.55 bits per heavy atom. The Balaban J connectivity index is 3.44. The molecule has 0 heterocycles. The fraction of sp³-hybridized carbons (Fsp3) is 1.00. The number of hydrogen-bond acceptors (Lipinski definition) is 3. The normalized spacial score (nSPS) is 16.3. The van der Waals surface area contributed by atoms with Crippen molar-refractivity contribution < 1.29 is 8.76 Å². The minimum Gasteiger partial charge on any atom is -0.771 e. The maximum Gasteiger partial charge on any atom is 0.0698 e. The molecule has 0 fully saturated rings. The summed E-state index contributed by atoms with van der Waals surface area (Å²) in [4.78, 5) is 0. The van der Waals surface area contributed by atoms with Gasteiger partial charge in [-0.25, -0.2) is 0 Å². The Bertz CT molecular complexity index is 119. The fourth-order valence-electron chi connectivity index (χ4n) is 0.788. The molecule has 11 heavy (non-hydrogen) atoms. The summed E-state index contributed by atoms with van der Waals surface area (Å²) in [5, 5.41) is 2.60. The molecule has 0 saturated carbocycles. The van der Waals surface area contributed by atoms with Crippen LogP contribution in [0, 0.1) is 0 Å². The first-order valence-electron chi connectivity index (χ1n) is 4.03. The van der Waals surface area contributed by atoms with E-state index in [1.165, 1.54) is 0 Å². The molecule has 0 rings (SSSR count). The third-order valence-corrected chi connectivity index (χ3v) is 2.47. The Morgan fingerprint density at radius 3 is 2.55 bits per heavy atom. The minimum absolute atomic E-state index is 0.360. The molecular formula is C7H16NO2S-. The van der Waals surface area contributed by atoms with E-state index in [2.05, 4.69) is 12.2 Å². The lowest BCUT2D eigenvalue weighted by atomic mass is 10.3. The standard InChI is InChI=1S/C7H17NO2S/c1-3-5-6-8-7(4-2)11(9)10/h7-8H,3-6H2,1-2H3,(H,9,10)/p-1. The van der Waals surface area contributed by atoms with E-state index in [4.69, 9.17) is 0 Å². The van der Waals surface area contributed by atoms with Crippen LogP contribution in [-0.4, -0.2) is 20.7 Å². The summed E-state index contributed by atoms with van der Waals surface area (Å²) >= 11 is -1.97. The molecule has 0 spiro atoms. The van der Waals surface area contributed by atoms with Crippen LogP contribution in [0.15, 0.2) is 0 Å². The van der Waals surface area contributed by atoms with Crippen LogP contribution in [0.2, 0.25) is 0 Å². The zero-order chi connectivity index (χ0) is 8.69. The largest absolute Gasteiger partial charge is 0.771 e. The average Bonchev–Trinajstić information content (AvgIpc) is 1.97. The molecule has 4 heteroatoms. The van der Waals surface area contributed by atoms with Crippen molar-refractivity contribution in [3.63, 3.8) is 0 Å². The van der Waals surface area contributed by atoms with Gasteiger partial charge in [0.2, 0.25) is 0 Å². The van der Waals surface area contributed by atoms with Crippen LogP contribution in [0.3, 0.4) is 0 Å². The van der Waals surface area contributed by atoms with Gasteiger partial charge in [0.05, 0.1) is 5.37 Å². The second kappa shape index (κ2) is 6.76. The lowest BCUT2D eigenvalue weighted by molar-refractivity contribution is 0.491. The summed E-state index contributed by atoms with van der Waals surface area (Å²) in [5.74, 6) is 0. The molecule has 3 nitrogen and oxygen atoms in total. The Kier molecular flexibility index (Phi) is 6.80. The molecule has 0 aromatic carbocycles. The summed E-state index contributed by atoms with van der Waals surface area (Å²) in [6, 6.07) is 0. The van der Waals surface area contributed by atoms with Crippen molar-refractivity contribution in [2.75, 3.05) is 6.54 Å². The number of nitrogens with one attached hydrogen (secondary N) is 1. The highest BCUT2D eigenvalue weighted by Gasteiger charge is 2.02. The number of rotatable bonds is 6. The van der Waals surface area contributed by atoms with Gasteiger partial charge < -0.3 is 9.87 Å². The maximum absolute atomic E-state index is 10.5. The first-order chi connectivity index (χ1) is 5.22. The van der Waals surface area contributed by atoms with Crippen LogP contribution >= 0.6 is 0 Å². The molecule has 0 aliphatic carbocycles. The predicted octanol–water partition coefficient (Wildman–Crippen LogP) is 0.991. The van der Waals surface area contributed by atoms with Crippen LogP contribution in [0.4, 0.5) is 0 Å². The van der Waals surface area contributed by atoms with Crippen LogP contribution in [0.25, 0.3) is 0 Å². The van der Waals surface area contributed by atoms with Crippen LogP contribution in [0.5, 0.6) is 0 Å². The molecule has 0 radical (unpaired) electrons. The van der Waals surface area contributed by atoms with Gasteiger partial charge >= 0.3 is 0 Å². The molecule has 0 aromatic heterocycles. The second-order valence-corrected chi connectivity index (χ2v) is 3.56. The zero-order valence-electron chi connectivity index (χ0n) is 7.13. The van der Waals surface area contributed by atoms with Crippen molar-refractivity contribution in [1.82, 2.24) is 5.32 Å². The van der Waals surface area contributed by atoms with E-state index >= 15 is 0 Å². The van der Waals surface area contributed by atoms with E-state index in [9.17, 15) is 8.76 Å². The van der Waals surface area contributed by atoms with E-state index in [1.54, 1.807) is 0 Å². The SMILES string of the molecule is CCCCNC(CC)S(=O)[O-]. The van der Waals surface area contributed by atoms with Gasteiger partial charge in [-0.15, -0.1) is 0 Å². The molecular weight excluding hydrogens is 162 g/mol. The van der Waals surface area contributed by atoms with Crippen LogP contribution < -0.4 is 5.32 Å². The molecule has 0 saturated heterocycles. The summed E-state index contributed by atoms with van der Waals surface area (Å²) in [6.07, 6.45) is 2.77. The molecule has 0 amide bonds. The van der Waals surface area contributed by atoms with E-state index in [-0.39, 0.29) is 5.37 Å². The van der Waals surface area contributed by atoms with Gasteiger partial charge in [0.1, 0.15) is 0 Å². The molecule has 0 aliphatic heterocycles. The molecule has 2 unspecified atom stereocenters. The highest BCUT2D eigenvalue weighted by Crippen LogP contribution is 1.95. The Hall–Kier alpha value is 0.0700. The van der Waals surface area contributed by atoms with Gasteiger partial charge in [0.15, 0.2) is 0 Å². The van der Waals surface area contributed by atoms with Gasteiger partial charge in [0, 0.05) is 0 Å². The quantitative estimate of drug-likeness (QED) is 0.487. The zero-order valence-corrected chi connectivity index (χ0v) is 7.95. The molecule has 68 valence electrons. The summed E-state index contributed by atoms with van der Waals surface area (Å²) in [6.45, 7) is 4.74. The first-order valence-corrected chi connectivity index (χ1v) is 5.17. The third-order valence-electron chi connectivity index (χ3n) is 1.51. The van der Waals surface area contributed by atoms with E-state index in [1.807, 2.05) is 6.92 Å². The second-order valence-electron chi connectivity index (χ2n) is 2.47. The highest BCUT2D eigenvalue weighted by atomic mass is 32.2. The molecule has 0 bridgehead atoms. The average molecular weight is 178 g/mol. The lowest BCUT2D eigenvalue weighted by Gasteiger charge is -2.18. The van der Waals surface area contributed by atoms with Crippen LogP contribution in [-0.2, 0) is 11.1 Å². The minimum atomic E-state index is -1.97. The van der Waals surface area contributed by atoms with Crippen molar-refractivity contribution in [2.24, 2.45) is 0 Å². The highest BCUT2D eigenvalue weighted by molar-refractivity contribution is 7.79. The number of unbranched alkanes of at least 4 members (excludes halogenated alkanes) is 1. The molecule has 0 aliphatic rings. The monoisotopic (exact) mass is 178 g/mol. The van der Waals surface area contributed by atoms with Gasteiger partial charge in [-0.1, -0.05) is 20.3 Å². The van der Waals surface area contributed by atoms with Crippen molar-refractivity contribution in [1.29, 1.82) is 0 Å². The van der Waals surface area contributed by atoms with Crippen LogP contribution in [0.1, 0.15) is 33.1 Å². The van der Waals surface area contributed by atoms with Gasteiger partial charge in [-0.3, -0.25) is 4.21 Å². The maximum atomic E-state index is 10.5. The fourth-order valence-corrected chi connectivity index (χ4v) is 1.31. The first kappa shape index (κ1) is 11.1. The Morgan fingerprint density at radius 2 is 2.18 bits per heavy atom. The van der Waals surface area contributed by atoms with Gasteiger partial charge in [0.25, 0.3) is 0 Å². The van der Waals surface area contributed by atoms with Crippen molar-refractivity contribution in [2.45, 2.75) is 38.5 Å². The topological polar surface area (TPSA) is 52.2 Å². The van der Waals surface area contributed by atoms with Gasteiger partial charge in [-0.05, 0) is 30.5 Å². The summed E-state index contributed by atoms with van der Waals surface area (Å²) in [7, 11) is 0. The lowest BCUT2D eigenvalue weighted by Crippen LogP contribution is -2.33. The Labute approximate surface area is 70.9 Å². The van der Waals surface area contributed by atoms with E-state index in [0.717, 1.165) is 19.4 Å². The van der Waals surface area contributed by atoms with Gasteiger partial charge in [-0.2, -0.15) is 0 Å². The smallest absolute Gasteiger partial charge is 0.0698 e. The molecule has 0 aromatic rings. The third kappa shape index (κ3) is 5.35. The van der Waals surface area contributed by atoms with E-state index < -0.39 is 11.1 Å². The number of hydrogen-bond donors (Lipinski definition) is 1. The molecule has 1 N–H and O–H groups in total. The van der Waals surface area contributed by atoms with E-state index in [0.29, 0.717) is 6.42 Å². The molecule has 2 atom stereocenters. The van der Waals surface area contributed by atoms with Crippen molar-refractivity contribution >= 4 is 11.1 Å². The summed E-state index contributed by atoms with van der Waals surface area (Å²) < 4.78 is 20.9. The summed E-state index contributed by atoms with van der Waals surface area (Å²) in [5.41, 5.74) is 0. The predicted molar refractivity (Wildman–Crippen MR) is 45.9 cm³/mol. The van der Waals surface area contributed by atoms with Crippen molar-refractivity contribution in [3.05, 3.63) is 0 Å².